The van der Waals surface area contributed by atoms with Crippen molar-refractivity contribution in [2.24, 2.45) is 12.5 Å². The molecule has 1 unspecified atom stereocenters. The predicted octanol–water partition coefficient (Wildman–Crippen LogP) is 1.79. The number of amides is 2. The number of hydrogen-bond donors (Lipinski definition) is 1. The highest BCUT2D eigenvalue weighted by Gasteiger charge is 2.55. The summed E-state index contributed by atoms with van der Waals surface area (Å²) in [6.45, 7) is 5.89. The van der Waals surface area contributed by atoms with Gasteiger partial charge in [-0.15, -0.1) is 0 Å². The molecule has 5 nitrogen and oxygen atoms in total. The molecule has 1 aliphatic rings. The molecular weight excluding hydrogens is 298 g/mol. The smallest absolute Gasteiger partial charge is 0.332 e. The third kappa shape index (κ3) is 2.52. The lowest BCUT2D eigenvalue weighted by molar-refractivity contribution is -0.456. The van der Waals surface area contributed by atoms with Crippen molar-refractivity contribution in [3.8, 4) is 0 Å². The van der Waals surface area contributed by atoms with Gasteiger partial charge in [-0.2, -0.15) is 9.48 Å². The molecule has 0 aliphatic carbocycles. The van der Waals surface area contributed by atoms with Gasteiger partial charge < -0.3 is 4.57 Å². The van der Waals surface area contributed by atoms with Gasteiger partial charge in [0, 0.05) is 25.4 Å². The van der Waals surface area contributed by atoms with Gasteiger partial charge in [0.15, 0.2) is 5.41 Å². The molecule has 0 radical (unpaired) electrons. The van der Waals surface area contributed by atoms with Crippen molar-refractivity contribution in [1.29, 1.82) is 0 Å². The molecule has 1 aromatic rings. The van der Waals surface area contributed by atoms with Gasteiger partial charge in [0.05, 0.1) is 12.7 Å². The molecule has 2 heterocycles. The normalized spacial score (nSPS) is 23.0. The summed E-state index contributed by atoms with van der Waals surface area (Å²) in [6, 6.07) is 3.84. The molecule has 0 aromatic carbocycles. The highest BCUT2D eigenvalue weighted by Crippen LogP contribution is 2.31. The van der Waals surface area contributed by atoms with Crippen molar-refractivity contribution in [3.05, 3.63) is 36.3 Å². The van der Waals surface area contributed by atoms with Crippen LogP contribution >= 0.6 is 12.6 Å². The van der Waals surface area contributed by atoms with Crippen LogP contribution in [0.2, 0.25) is 0 Å². The molecular formula is C16H22N3O2S+. The first-order chi connectivity index (χ1) is 10.4. The highest BCUT2D eigenvalue weighted by atomic mass is 32.1. The Morgan fingerprint density at radius 3 is 2.59 bits per heavy atom. The molecule has 2 rings (SSSR count). The average molecular weight is 320 g/mol. The predicted molar refractivity (Wildman–Crippen MR) is 88.7 cm³/mol. The van der Waals surface area contributed by atoms with E-state index in [1.54, 1.807) is 23.8 Å². The van der Waals surface area contributed by atoms with Crippen LogP contribution in [0.3, 0.4) is 0 Å². The van der Waals surface area contributed by atoms with Crippen molar-refractivity contribution in [3.63, 3.8) is 0 Å². The first-order valence-corrected chi connectivity index (χ1v) is 7.76. The monoisotopic (exact) mass is 320 g/mol. The zero-order valence-electron chi connectivity index (χ0n) is 13.4. The van der Waals surface area contributed by atoms with Gasteiger partial charge in [0.1, 0.15) is 0 Å². The van der Waals surface area contributed by atoms with E-state index in [1.165, 1.54) is 4.90 Å². The number of nitrogens with zero attached hydrogens (tertiary/aromatic N) is 3. The lowest BCUT2D eigenvalue weighted by atomic mass is 9.81. The van der Waals surface area contributed by atoms with E-state index in [1.807, 2.05) is 43.8 Å². The second-order valence-electron chi connectivity index (χ2n) is 5.63. The Morgan fingerprint density at radius 1 is 1.41 bits per heavy atom. The molecule has 0 saturated heterocycles. The van der Waals surface area contributed by atoms with Gasteiger partial charge in [-0.05, 0) is 39.0 Å². The number of allylic oxidation sites excluding steroid dienone is 1. The molecule has 0 fully saturated rings. The van der Waals surface area contributed by atoms with Crippen LogP contribution in [0.25, 0.3) is 0 Å². The summed E-state index contributed by atoms with van der Waals surface area (Å²) in [5.74, 6) is -0.446. The molecule has 0 bridgehead atoms. The maximum absolute atomic E-state index is 12.9. The lowest BCUT2D eigenvalue weighted by Crippen LogP contribution is -2.58. The second kappa shape index (κ2) is 6.12. The SMILES string of the molecule is CC=CN1C(=O)C(C)(Cc2cccn2C)C(=O)[N+](CC)=C1S. The quantitative estimate of drug-likeness (QED) is 0.522. The minimum atomic E-state index is -1.13. The summed E-state index contributed by atoms with van der Waals surface area (Å²) in [6.07, 6.45) is 5.69. The molecule has 22 heavy (non-hydrogen) atoms. The summed E-state index contributed by atoms with van der Waals surface area (Å²) in [4.78, 5) is 27.2. The number of carbonyl (C=O) groups is 2. The van der Waals surface area contributed by atoms with Gasteiger partial charge in [-0.3, -0.25) is 0 Å². The maximum Gasteiger partial charge on any atom is 0.332 e. The molecule has 1 atom stereocenters. The van der Waals surface area contributed by atoms with Crippen LogP contribution in [0.4, 0.5) is 0 Å². The fourth-order valence-corrected chi connectivity index (χ4v) is 3.12. The topological polar surface area (TPSA) is 45.3 Å². The third-order valence-corrected chi connectivity index (χ3v) is 4.52. The lowest BCUT2D eigenvalue weighted by Gasteiger charge is -2.31. The van der Waals surface area contributed by atoms with E-state index in [2.05, 4.69) is 12.6 Å². The van der Waals surface area contributed by atoms with Crippen LogP contribution in [0, 0.1) is 5.41 Å². The van der Waals surface area contributed by atoms with Crippen molar-refractivity contribution in [2.75, 3.05) is 6.54 Å². The third-order valence-electron chi connectivity index (χ3n) is 4.07. The van der Waals surface area contributed by atoms with Gasteiger partial charge in [-0.25, -0.2) is 9.59 Å². The van der Waals surface area contributed by atoms with Gasteiger partial charge in [0.25, 0.3) is 0 Å². The van der Waals surface area contributed by atoms with E-state index in [-0.39, 0.29) is 11.8 Å². The molecule has 1 aliphatic heterocycles. The Bertz CT molecular complexity index is 675. The minimum absolute atomic E-state index is 0.202. The average Bonchev–Trinajstić information content (AvgIpc) is 2.88. The summed E-state index contributed by atoms with van der Waals surface area (Å²) in [7, 11) is 1.91. The molecule has 0 spiro atoms. The van der Waals surface area contributed by atoms with E-state index in [9.17, 15) is 9.59 Å². The highest BCUT2D eigenvalue weighted by molar-refractivity contribution is 7.96. The summed E-state index contributed by atoms with van der Waals surface area (Å²) >= 11 is 4.37. The van der Waals surface area contributed by atoms with E-state index < -0.39 is 5.41 Å². The number of carbonyl (C=O) groups excluding carboxylic acids is 2. The van der Waals surface area contributed by atoms with Crippen LogP contribution in [0.15, 0.2) is 30.6 Å². The van der Waals surface area contributed by atoms with Gasteiger partial charge in [-0.1, -0.05) is 12.6 Å². The fraction of sp³-hybridized carbons (Fsp3) is 0.438. The van der Waals surface area contributed by atoms with Crippen LogP contribution < -0.4 is 0 Å². The Hall–Kier alpha value is -1.82. The maximum atomic E-state index is 12.9. The van der Waals surface area contributed by atoms with Crippen LogP contribution in [-0.2, 0) is 23.1 Å². The molecule has 118 valence electrons. The van der Waals surface area contributed by atoms with E-state index in [4.69, 9.17) is 0 Å². The zero-order chi connectivity index (χ0) is 16.5. The van der Waals surface area contributed by atoms with Crippen molar-refractivity contribution in [1.82, 2.24) is 9.47 Å². The van der Waals surface area contributed by atoms with E-state index in [0.717, 1.165) is 5.69 Å². The Morgan fingerprint density at radius 2 is 2.09 bits per heavy atom. The molecule has 2 amide bonds. The number of amidine groups is 1. The van der Waals surface area contributed by atoms with Gasteiger partial charge in [0.2, 0.25) is 0 Å². The van der Waals surface area contributed by atoms with E-state index >= 15 is 0 Å². The number of aryl methyl sites for hydroxylation is 1. The van der Waals surface area contributed by atoms with Crippen LogP contribution in [-0.4, -0.2) is 37.6 Å². The molecule has 1 aromatic heterocycles. The van der Waals surface area contributed by atoms with Crippen molar-refractivity contribution < 1.29 is 14.2 Å². The summed E-state index contributed by atoms with van der Waals surface area (Å²) in [5, 5.41) is 0.361. The Labute approximate surface area is 136 Å². The Kier molecular flexibility index (Phi) is 4.60. The number of hydrogen-bond acceptors (Lipinski definition) is 2. The number of thiol groups is 1. The van der Waals surface area contributed by atoms with Crippen LogP contribution in [0.1, 0.15) is 26.5 Å². The first-order valence-electron chi connectivity index (χ1n) is 7.31. The van der Waals surface area contributed by atoms with Crippen molar-refractivity contribution >= 4 is 29.6 Å². The molecule has 6 heteroatoms. The fourth-order valence-electron chi connectivity index (χ4n) is 2.73. The second-order valence-corrected chi connectivity index (χ2v) is 6.03. The summed E-state index contributed by atoms with van der Waals surface area (Å²) in [5.41, 5.74) is -0.184. The number of rotatable bonds is 4. The minimum Gasteiger partial charge on any atom is -0.354 e. The number of aromatic nitrogens is 1. The zero-order valence-corrected chi connectivity index (χ0v) is 14.3. The van der Waals surface area contributed by atoms with Gasteiger partial charge >= 0.3 is 17.0 Å². The largest absolute Gasteiger partial charge is 0.354 e. The van der Waals surface area contributed by atoms with E-state index in [0.29, 0.717) is 18.1 Å². The summed E-state index contributed by atoms with van der Waals surface area (Å²) < 4.78 is 3.48. The van der Waals surface area contributed by atoms with Crippen molar-refractivity contribution in [2.45, 2.75) is 27.2 Å². The first kappa shape index (κ1) is 16.5. The Balaban J connectivity index is 2.53. The molecule has 0 saturated carbocycles. The molecule has 0 N–H and O–H groups in total. The van der Waals surface area contributed by atoms with Crippen LogP contribution in [0.5, 0.6) is 0 Å². The standard InChI is InChI=1S/C16H21N3O2S/c1-5-9-19-14(21)16(3,11-12-8-7-10-17(12)4)13(20)18(6-2)15(19)22/h5,7-10H,6,11H2,1-4H3/p+1.